The molecular formula is C11H13F3N2O3S. The van der Waals surface area contributed by atoms with Gasteiger partial charge in [0.15, 0.2) is 5.12 Å². The van der Waals surface area contributed by atoms with Gasteiger partial charge < -0.3 is 15.9 Å². The molecule has 1 aromatic heterocycles. The average molecular weight is 310 g/mol. The Bertz CT molecular complexity index is 496. The second kappa shape index (κ2) is 6.42. The molecule has 0 aliphatic rings. The number of aliphatic hydroxyl groups is 2. The predicted molar refractivity (Wildman–Crippen MR) is 67.8 cm³/mol. The average Bonchev–Trinajstić information content (AvgIpc) is 2.34. The van der Waals surface area contributed by atoms with E-state index in [0.29, 0.717) is 12.3 Å². The summed E-state index contributed by atoms with van der Waals surface area (Å²) in [6.45, 7) is 1.27. The van der Waals surface area contributed by atoms with Gasteiger partial charge in [-0.05, 0) is 6.07 Å². The number of nitrogen functional groups attached to an aromatic ring is 1. The SMILES string of the molecule is CC(=O)SCC(O)C(O)c1cc(C(F)(F)F)cnc1N. The number of aromatic nitrogens is 1. The fourth-order valence-electron chi connectivity index (χ4n) is 1.39. The van der Waals surface area contributed by atoms with Gasteiger partial charge in [0.2, 0.25) is 0 Å². The van der Waals surface area contributed by atoms with Crippen LogP contribution in [0.25, 0.3) is 0 Å². The van der Waals surface area contributed by atoms with Crippen molar-refractivity contribution in [3.8, 4) is 0 Å². The van der Waals surface area contributed by atoms with Crippen LogP contribution in [-0.4, -0.2) is 32.2 Å². The number of thioether (sulfide) groups is 1. The minimum absolute atomic E-state index is 0.161. The molecule has 20 heavy (non-hydrogen) atoms. The van der Waals surface area contributed by atoms with Gasteiger partial charge in [0, 0.05) is 24.4 Å². The Morgan fingerprint density at radius 3 is 2.60 bits per heavy atom. The second-order valence-electron chi connectivity index (χ2n) is 4.01. The van der Waals surface area contributed by atoms with E-state index in [-0.39, 0.29) is 22.2 Å². The summed E-state index contributed by atoms with van der Waals surface area (Å²) < 4.78 is 37.6. The van der Waals surface area contributed by atoms with E-state index in [4.69, 9.17) is 5.73 Å². The number of anilines is 1. The zero-order valence-electron chi connectivity index (χ0n) is 10.4. The zero-order chi connectivity index (χ0) is 15.5. The third-order valence-corrected chi connectivity index (χ3v) is 3.33. The first kappa shape index (κ1) is 16.7. The third-order valence-electron chi connectivity index (χ3n) is 2.42. The van der Waals surface area contributed by atoms with Gasteiger partial charge in [0.1, 0.15) is 11.9 Å². The number of nitrogens with two attached hydrogens (primary N) is 1. The van der Waals surface area contributed by atoms with Gasteiger partial charge in [0.05, 0.1) is 11.7 Å². The van der Waals surface area contributed by atoms with Crippen LogP contribution in [-0.2, 0) is 11.0 Å². The van der Waals surface area contributed by atoms with Crippen molar-refractivity contribution in [2.24, 2.45) is 0 Å². The number of pyridine rings is 1. The minimum Gasteiger partial charge on any atom is -0.389 e. The molecule has 0 fully saturated rings. The summed E-state index contributed by atoms with van der Waals surface area (Å²) in [4.78, 5) is 14.1. The van der Waals surface area contributed by atoms with Gasteiger partial charge in [-0.3, -0.25) is 4.79 Å². The van der Waals surface area contributed by atoms with Crippen molar-refractivity contribution in [1.29, 1.82) is 0 Å². The van der Waals surface area contributed by atoms with E-state index < -0.39 is 23.9 Å². The van der Waals surface area contributed by atoms with Gasteiger partial charge in [-0.25, -0.2) is 4.98 Å². The van der Waals surface area contributed by atoms with Crippen LogP contribution in [0.4, 0.5) is 19.0 Å². The predicted octanol–water partition coefficient (Wildman–Crippen LogP) is 1.36. The molecule has 112 valence electrons. The highest BCUT2D eigenvalue weighted by Gasteiger charge is 2.33. The molecule has 0 amide bonds. The zero-order valence-corrected chi connectivity index (χ0v) is 11.2. The number of hydrogen-bond donors (Lipinski definition) is 3. The van der Waals surface area contributed by atoms with Crippen molar-refractivity contribution in [2.75, 3.05) is 11.5 Å². The van der Waals surface area contributed by atoms with Crippen LogP contribution in [0.15, 0.2) is 12.3 Å². The molecule has 9 heteroatoms. The summed E-state index contributed by atoms with van der Waals surface area (Å²) in [5, 5.41) is 19.2. The van der Waals surface area contributed by atoms with E-state index >= 15 is 0 Å². The number of alkyl halides is 3. The Labute approximate surface area is 117 Å². The van der Waals surface area contributed by atoms with Crippen LogP contribution in [0.2, 0.25) is 0 Å². The molecular weight excluding hydrogens is 297 g/mol. The number of rotatable bonds is 4. The summed E-state index contributed by atoms with van der Waals surface area (Å²) in [5.74, 6) is -0.469. The Balaban J connectivity index is 2.97. The smallest absolute Gasteiger partial charge is 0.389 e. The number of aliphatic hydroxyl groups excluding tert-OH is 2. The summed E-state index contributed by atoms with van der Waals surface area (Å²) in [6.07, 6.45) is -7.18. The van der Waals surface area contributed by atoms with Crippen LogP contribution in [0, 0.1) is 0 Å². The number of halogens is 3. The van der Waals surface area contributed by atoms with Crippen LogP contribution >= 0.6 is 11.8 Å². The van der Waals surface area contributed by atoms with Gasteiger partial charge in [-0.2, -0.15) is 13.2 Å². The van der Waals surface area contributed by atoms with E-state index in [1.54, 1.807) is 0 Å². The van der Waals surface area contributed by atoms with Crippen LogP contribution in [0.3, 0.4) is 0 Å². The fraction of sp³-hybridized carbons (Fsp3) is 0.455. The first-order valence-corrected chi connectivity index (χ1v) is 6.43. The molecule has 4 N–H and O–H groups in total. The van der Waals surface area contributed by atoms with Gasteiger partial charge in [-0.1, -0.05) is 11.8 Å². The molecule has 0 spiro atoms. The molecule has 1 heterocycles. The lowest BCUT2D eigenvalue weighted by Gasteiger charge is -2.19. The molecule has 1 aromatic rings. The van der Waals surface area contributed by atoms with Crippen molar-refractivity contribution in [3.05, 3.63) is 23.4 Å². The minimum atomic E-state index is -4.63. The Morgan fingerprint density at radius 2 is 2.10 bits per heavy atom. The normalized spacial score (nSPS) is 14.9. The lowest BCUT2D eigenvalue weighted by Crippen LogP contribution is -2.23. The molecule has 0 aromatic carbocycles. The maximum Gasteiger partial charge on any atom is 0.417 e. The number of carbonyl (C=O) groups excluding carboxylic acids is 1. The van der Waals surface area contributed by atoms with Crippen molar-refractivity contribution >= 4 is 22.7 Å². The molecule has 0 saturated heterocycles. The Kier molecular flexibility index (Phi) is 5.37. The highest BCUT2D eigenvalue weighted by Crippen LogP contribution is 2.33. The van der Waals surface area contributed by atoms with Crippen molar-refractivity contribution in [2.45, 2.75) is 25.3 Å². The Hall–Kier alpha value is -1.32. The highest BCUT2D eigenvalue weighted by molar-refractivity contribution is 8.13. The monoisotopic (exact) mass is 310 g/mol. The van der Waals surface area contributed by atoms with E-state index in [9.17, 15) is 28.2 Å². The van der Waals surface area contributed by atoms with E-state index in [0.717, 1.165) is 11.8 Å². The Morgan fingerprint density at radius 1 is 1.50 bits per heavy atom. The molecule has 2 unspecified atom stereocenters. The molecule has 0 saturated carbocycles. The maximum absolute atomic E-state index is 12.5. The number of hydrogen-bond acceptors (Lipinski definition) is 6. The lowest BCUT2D eigenvalue weighted by atomic mass is 10.0. The quantitative estimate of drug-likeness (QED) is 0.777. The fourth-order valence-corrected chi connectivity index (χ4v) is 1.97. The van der Waals surface area contributed by atoms with Gasteiger partial charge in [-0.15, -0.1) is 0 Å². The molecule has 0 aliphatic heterocycles. The van der Waals surface area contributed by atoms with Crippen LogP contribution in [0.5, 0.6) is 0 Å². The maximum atomic E-state index is 12.5. The first-order valence-electron chi connectivity index (χ1n) is 5.45. The van der Waals surface area contributed by atoms with Gasteiger partial charge in [0.25, 0.3) is 0 Å². The first-order chi connectivity index (χ1) is 9.12. The van der Waals surface area contributed by atoms with E-state index in [1.807, 2.05) is 0 Å². The topological polar surface area (TPSA) is 96.4 Å². The summed E-state index contributed by atoms with van der Waals surface area (Å²) in [5.41, 5.74) is 4.00. The molecule has 1 rings (SSSR count). The van der Waals surface area contributed by atoms with Gasteiger partial charge >= 0.3 is 6.18 Å². The molecule has 0 bridgehead atoms. The molecule has 0 radical (unpaired) electrons. The third kappa shape index (κ3) is 4.36. The van der Waals surface area contributed by atoms with Crippen molar-refractivity contribution < 1.29 is 28.2 Å². The lowest BCUT2D eigenvalue weighted by molar-refractivity contribution is -0.138. The molecule has 2 atom stereocenters. The van der Waals surface area contributed by atoms with E-state index in [1.165, 1.54) is 6.92 Å². The largest absolute Gasteiger partial charge is 0.417 e. The number of nitrogens with zero attached hydrogens (tertiary/aromatic N) is 1. The highest BCUT2D eigenvalue weighted by atomic mass is 32.2. The second-order valence-corrected chi connectivity index (χ2v) is 5.21. The summed E-state index contributed by atoms with van der Waals surface area (Å²) in [6, 6.07) is 0.634. The molecule has 5 nitrogen and oxygen atoms in total. The van der Waals surface area contributed by atoms with Crippen molar-refractivity contribution in [3.63, 3.8) is 0 Å². The molecule has 0 aliphatic carbocycles. The standard InChI is InChI=1S/C11H13F3N2O3S/c1-5(17)20-4-8(18)9(19)7-2-6(11(12,13)14)3-16-10(7)15/h2-3,8-9,18-19H,4H2,1H3,(H2,15,16). The van der Waals surface area contributed by atoms with Crippen LogP contribution < -0.4 is 5.73 Å². The van der Waals surface area contributed by atoms with Crippen LogP contribution in [0.1, 0.15) is 24.2 Å². The summed E-state index contributed by atoms with van der Waals surface area (Å²) >= 11 is 0.746. The van der Waals surface area contributed by atoms with E-state index in [2.05, 4.69) is 4.98 Å². The van der Waals surface area contributed by atoms with Crippen molar-refractivity contribution in [1.82, 2.24) is 4.98 Å². The summed E-state index contributed by atoms with van der Waals surface area (Å²) in [7, 11) is 0. The number of carbonyl (C=O) groups is 1.